The molecular formula is C15H16FNO3. The van der Waals surface area contributed by atoms with Crippen LogP contribution in [-0.2, 0) is 4.79 Å². The quantitative estimate of drug-likeness (QED) is 0.860. The van der Waals surface area contributed by atoms with Crippen LogP contribution in [0.15, 0.2) is 24.3 Å². The van der Waals surface area contributed by atoms with Crippen molar-refractivity contribution in [2.45, 2.75) is 25.3 Å². The lowest BCUT2D eigenvalue weighted by molar-refractivity contribution is -0.131. The van der Waals surface area contributed by atoms with Gasteiger partial charge in [-0.05, 0) is 37.5 Å². The van der Waals surface area contributed by atoms with Crippen LogP contribution in [0.3, 0.4) is 0 Å². The molecule has 0 atom stereocenters. The summed E-state index contributed by atoms with van der Waals surface area (Å²) in [5.74, 6) is -1.95. The molecule has 106 valence electrons. The Balaban J connectivity index is 2.15. The van der Waals surface area contributed by atoms with Crippen LogP contribution in [0.1, 0.15) is 35.2 Å². The first-order valence-corrected chi connectivity index (χ1v) is 6.47. The van der Waals surface area contributed by atoms with Crippen molar-refractivity contribution in [1.82, 2.24) is 4.90 Å². The maximum absolute atomic E-state index is 13.8. The normalized spacial score (nSPS) is 15.1. The molecule has 0 unspecified atom stereocenters. The van der Waals surface area contributed by atoms with Crippen LogP contribution in [0.2, 0.25) is 0 Å². The van der Waals surface area contributed by atoms with Gasteiger partial charge in [0.2, 0.25) is 0 Å². The van der Waals surface area contributed by atoms with Gasteiger partial charge in [0.05, 0.1) is 0 Å². The van der Waals surface area contributed by atoms with E-state index in [-0.39, 0.29) is 23.1 Å². The summed E-state index contributed by atoms with van der Waals surface area (Å²) in [6.07, 6.45) is 5.13. The molecule has 5 heteroatoms. The smallest absolute Gasteiger partial charge is 0.328 e. The van der Waals surface area contributed by atoms with Crippen LogP contribution in [0.5, 0.6) is 0 Å². The maximum atomic E-state index is 13.8. The Bertz CT molecular complexity index is 564. The third kappa shape index (κ3) is 3.04. The van der Waals surface area contributed by atoms with Gasteiger partial charge < -0.3 is 10.0 Å². The topological polar surface area (TPSA) is 57.6 Å². The van der Waals surface area contributed by atoms with Crippen molar-refractivity contribution in [1.29, 1.82) is 0 Å². The summed E-state index contributed by atoms with van der Waals surface area (Å²) >= 11 is 0. The van der Waals surface area contributed by atoms with Crippen molar-refractivity contribution in [3.63, 3.8) is 0 Å². The van der Waals surface area contributed by atoms with Crippen molar-refractivity contribution in [2.24, 2.45) is 0 Å². The summed E-state index contributed by atoms with van der Waals surface area (Å²) in [4.78, 5) is 24.2. The molecule has 1 fully saturated rings. The van der Waals surface area contributed by atoms with E-state index in [1.807, 2.05) is 0 Å². The molecule has 0 aliphatic heterocycles. The minimum Gasteiger partial charge on any atom is -0.478 e. The highest BCUT2D eigenvalue weighted by molar-refractivity contribution is 5.94. The van der Waals surface area contributed by atoms with E-state index in [0.29, 0.717) is 0 Å². The second-order valence-corrected chi connectivity index (χ2v) is 4.91. The van der Waals surface area contributed by atoms with Crippen molar-refractivity contribution in [2.75, 3.05) is 7.05 Å². The summed E-state index contributed by atoms with van der Waals surface area (Å²) in [7, 11) is 1.72. The molecule has 0 aromatic heterocycles. The molecule has 1 N–H and O–H groups in total. The van der Waals surface area contributed by atoms with Crippen LogP contribution in [0.4, 0.5) is 4.39 Å². The summed E-state index contributed by atoms with van der Waals surface area (Å²) in [5.41, 5.74) is 0.430. The molecule has 0 heterocycles. The molecule has 0 saturated heterocycles. The van der Waals surface area contributed by atoms with E-state index in [2.05, 4.69) is 0 Å². The molecule has 20 heavy (non-hydrogen) atoms. The van der Waals surface area contributed by atoms with Crippen molar-refractivity contribution < 1.29 is 19.1 Å². The number of halogens is 1. The van der Waals surface area contributed by atoms with E-state index < -0.39 is 11.8 Å². The van der Waals surface area contributed by atoms with Gasteiger partial charge in [0.1, 0.15) is 5.82 Å². The Labute approximate surface area is 116 Å². The third-order valence-corrected chi connectivity index (χ3v) is 3.60. The van der Waals surface area contributed by atoms with Crippen LogP contribution >= 0.6 is 0 Å². The molecule has 1 aromatic rings. The van der Waals surface area contributed by atoms with Gasteiger partial charge in [-0.2, -0.15) is 0 Å². The van der Waals surface area contributed by atoms with Crippen LogP contribution in [0, 0.1) is 5.82 Å². The first-order chi connectivity index (χ1) is 9.49. The number of carbonyl (C=O) groups excluding carboxylic acids is 1. The van der Waals surface area contributed by atoms with Crippen molar-refractivity contribution >= 4 is 18.0 Å². The van der Waals surface area contributed by atoms with Gasteiger partial charge in [-0.15, -0.1) is 0 Å². The van der Waals surface area contributed by atoms with Crippen LogP contribution in [-0.4, -0.2) is 35.0 Å². The standard InChI is InChI=1S/C15H16FNO3/c1-17(12-3-2-4-12)15(20)11-6-5-10(13(16)9-11)7-8-14(18)19/h5-9,12H,2-4H2,1H3,(H,18,19)/b8-7+. The van der Waals surface area contributed by atoms with Gasteiger partial charge >= 0.3 is 5.97 Å². The average Bonchev–Trinajstić information content (AvgIpc) is 2.34. The number of carbonyl (C=O) groups is 2. The minimum absolute atomic E-state index is 0.148. The Morgan fingerprint density at radius 2 is 2.10 bits per heavy atom. The fourth-order valence-electron chi connectivity index (χ4n) is 2.10. The van der Waals surface area contributed by atoms with Gasteiger partial charge in [-0.3, -0.25) is 4.79 Å². The molecule has 1 aliphatic rings. The lowest BCUT2D eigenvalue weighted by Gasteiger charge is -2.34. The average molecular weight is 277 g/mol. The fraction of sp³-hybridized carbons (Fsp3) is 0.333. The van der Waals surface area contributed by atoms with Crippen molar-refractivity contribution in [3.05, 3.63) is 41.2 Å². The van der Waals surface area contributed by atoms with Crippen LogP contribution < -0.4 is 0 Å². The van der Waals surface area contributed by atoms with E-state index in [1.54, 1.807) is 11.9 Å². The lowest BCUT2D eigenvalue weighted by atomic mass is 9.91. The Hall–Kier alpha value is -2.17. The first-order valence-electron chi connectivity index (χ1n) is 6.47. The van der Waals surface area contributed by atoms with E-state index in [9.17, 15) is 14.0 Å². The van der Waals surface area contributed by atoms with Crippen LogP contribution in [0.25, 0.3) is 6.08 Å². The number of hydrogen-bond donors (Lipinski definition) is 1. The zero-order chi connectivity index (χ0) is 14.7. The number of carboxylic acid groups (broad SMARTS) is 1. The maximum Gasteiger partial charge on any atom is 0.328 e. The molecule has 0 spiro atoms. The Morgan fingerprint density at radius 3 is 2.60 bits per heavy atom. The molecule has 0 radical (unpaired) electrons. The second kappa shape index (κ2) is 5.86. The summed E-state index contributed by atoms with van der Waals surface area (Å²) in [6.45, 7) is 0. The number of nitrogens with zero attached hydrogens (tertiary/aromatic N) is 1. The molecule has 1 amide bonds. The predicted octanol–water partition coefficient (Wildman–Crippen LogP) is 2.55. The Morgan fingerprint density at radius 1 is 1.40 bits per heavy atom. The fourth-order valence-corrected chi connectivity index (χ4v) is 2.10. The summed E-state index contributed by atoms with van der Waals surface area (Å²) < 4.78 is 13.8. The van der Waals surface area contributed by atoms with E-state index >= 15 is 0 Å². The van der Waals surface area contributed by atoms with Gasteiger partial charge in [-0.1, -0.05) is 6.07 Å². The second-order valence-electron chi connectivity index (χ2n) is 4.91. The lowest BCUT2D eigenvalue weighted by Crippen LogP contribution is -2.41. The van der Waals surface area contributed by atoms with Gasteiger partial charge in [0.25, 0.3) is 5.91 Å². The van der Waals surface area contributed by atoms with E-state index in [4.69, 9.17) is 5.11 Å². The highest BCUT2D eigenvalue weighted by Gasteiger charge is 2.26. The molecule has 4 nitrogen and oxygen atoms in total. The zero-order valence-electron chi connectivity index (χ0n) is 11.2. The molecule has 1 aromatic carbocycles. The number of carboxylic acids is 1. The SMILES string of the molecule is CN(C(=O)c1ccc(/C=C/C(=O)O)c(F)c1)C1CCC1. The van der Waals surface area contributed by atoms with E-state index in [1.165, 1.54) is 18.2 Å². The third-order valence-electron chi connectivity index (χ3n) is 3.60. The number of rotatable bonds is 4. The molecular weight excluding hydrogens is 261 g/mol. The number of benzene rings is 1. The molecule has 0 bridgehead atoms. The predicted molar refractivity (Wildman–Crippen MR) is 72.8 cm³/mol. The highest BCUT2D eigenvalue weighted by atomic mass is 19.1. The van der Waals surface area contributed by atoms with Crippen molar-refractivity contribution in [3.8, 4) is 0 Å². The number of hydrogen-bond acceptors (Lipinski definition) is 2. The Kier molecular flexibility index (Phi) is 4.17. The van der Waals surface area contributed by atoms with Gasteiger partial charge in [0.15, 0.2) is 0 Å². The summed E-state index contributed by atoms with van der Waals surface area (Å²) in [5, 5.41) is 8.51. The summed E-state index contributed by atoms with van der Waals surface area (Å²) in [6, 6.07) is 4.33. The minimum atomic E-state index is -1.14. The largest absolute Gasteiger partial charge is 0.478 e. The number of aliphatic carboxylic acids is 1. The monoisotopic (exact) mass is 277 g/mol. The number of amides is 1. The van der Waals surface area contributed by atoms with Gasteiger partial charge in [0, 0.05) is 30.3 Å². The highest BCUT2D eigenvalue weighted by Crippen LogP contribution is 2.25. The molecule has 1 saturated carbocycles. The molecule has 1 aliphatic carbocycles. The first kappa shape index (κ1) is 14.2. The molecule has 2 rings (SSSR count). The van der Waals surface area contributed by atoms with E-state index in [0.717, 1.165) is 31.4 Å². The zero-order valence-corrected chi connectivity index (χ0v) is 11.2. The van der Waals surface area contributed by atoms with Gasteiger partial charge in [-0.25, -0.2) is 9.18 Å².